The topological polar surface area (TPSA) is 78.0 Å². The molecular weight excluding hydrogens is 262 g/mol. The van der Waals surface area contributed by atoms with Crippen LogP contribution < -0.4 is 10.9 Å². The van der Waals surface area contributed by atoms with Crippen LogP contribution in [0.1, 0.15) is 13.8 Å². The molecule has 1 rings (SSSR count). The molecule has 6 heteroatoms. The molecular formula is C9H14BrN3O2. The molecule has 0 fully saturated rings. The van der Waals surface area contributed by atoms with E-state index in [2.05, 4.69) is 31.2 Å². The molecule has 3 N–H and O–H groups in total. The number of aliphatic hydroxyl groups is 1. The summed E-state index contributed by atoms with van der Waals surface area (Å²) in [6.45, 7) is 3.93. The highest BCUT2D eigenvalue weighted by Crippen LogP contribution is 2.16. The van der Waals surface area contributed by atoms with Gasteiger partial charge >= 0.3 is 0 Å². The fourth-order valence-electron chi connectivity index (χ4n) is 1.000. The number of nitrogens with zero attached hydrogens (tertiary/aromatic N) is 1. The van der Waals surface area contributed by atoms with Crippen LogP contribution in [0.4, 0.5) is 5.82 Å². The number of halogens is 1. The van der Waals surface area contributed by atoms with Crippen LogP contribution in [-0.2, 0) is 0 Å². The molecule has 2 atom stereocenters. The Morgan fingerprint density at radius 1 is 1.67 bits per heavy atom. The molecule has 84 valence electrons. The lowest BCUT2D eigenvalue weighted by atomic mass is 10.1. The summed E-state index contributed by atoms with van der Waals surface area (Å²) in [6.07, 6.45) is 1.34. The summed E-state index contributed by atoms with van der Waals surface area (Å²) in [5, 5.41) is 12.0. The zero-order valence-electron chi connectivity index (χ0n) is 8.62. The quantitative estimate of drug-likeness (QED) is 0.765. The first-order valence-electron chi connectivity index (χ1n) is 4.66. The van der Waals surface area contributed by atoms with Crippen molar-refractivity contribution < 1.29 is 5.11 Å². The number of aromatic nitrogens is 2. The minimum Gasteiger partial charge on any atom is -0.396 e. The summed E-state index contributed by atoms with van der Waals surface area (Å²) in [4.78, 5) is 17.7. The van der Waals surface area contributed by atoms with Gasteiger partial charge < -0.3 is 15.4 Å². The van der Waals surface area contributed by atoms with E-state index in [1.165, 1.54) is 6.33 Å². The highest BCUT2D eigenvalue weighted by Gasteiger charge is 2.13. The number of anilines is 1. The Kier molecular flexibility index (Phi) is 4.28. The molecule has 1 heterocycles. The molecule has 15 heavy (non-hydrogen) atoms. The van der Waals surface area contributed by atoms with Crippen molar-refractivity contribution in [1.82, 2.24) is 9.97 Å². The van der Waals surface area contributed by atoms with Crippen LogP contribution in [0.3, 0.4) is 0 Å². The highest BCUT2D eigenvalue weighted by molar-refractivity contribution is 9.10. The van der Waals surface area contributed by atoms with Gasteiger partial charge in [-0.1, -0.05) is 6.92 Å². The van der Waals surface area contributed by atoms with Gasteiger partial charge in [0.25, 0.3) is 5.56 Å². The van der Waals surface area contributed by atoms with Crippen molar-refractivity contribution in [1.29, 1.82) is 0 Å². The summed E-state index contributed by atoms with van der Waals surface area (Å²) >= 11 is 3.15. The molecule has 2 unspecified atom stereocenters. The van der Waals surface area contributed by atoms with Crippen molar-refractivity contribution in [3.63, 3.8) is 0 Å². The SMILES string of the molecule is CC(CO)C(C)Nc1nc[nH]c(=O)c1Br. The van der Waals surface area contributed by atoms with Crippen LogP contribution in [0.25, 0.3) is 0 Å². The average molecular weight is 276 g/mol. The third-order valence-corrected chi connectivity index (χ3v) is 3.04. The number of aromatic amines is 1. The second-order valence-corrected chi connectivity index (χ2v) is 4.28. The number of H-pyrrole nitrogens is 1. The largest absolute Gasteiger partial charge is 0.396 e. The van der Waals surface area contributed by atoms with Crippen molar-refractivity contribution in [3.8, 4) is 0 Å². The molecule has 0 saturated heterocycles. The Morgan fingerprint density at radius 2 is 2.33 bits per heavy atom. The standard InChI is InChI=1S/C9H14BrN3O2/c1-5(3-14)6(2)13-8-7(10)9(15)12-4-11-8/h4-6,14H,3H2,1-2H3,(H2,11,12,13,15). The monoisotopic (exact) mass is 275 g/mol. The van der Waals surface area contributed by atoms with Crippen LogP contribution >= 0.6 is 15.9 Å². The van der Waals surface area contributed by atoms with Gasteiger partial charge in [0.15, 0.2) is 0 Å². The van der Waals surface area contributed by atoms with Crippen LogP contribution in [0, 0.1) is 5.92 Å². The molecule has 5 nitrogen and oxygen atoms in total. The second-order valence-electron chi connectivity index (χ2n) is 3.49. The van der Waals surface area contributed by atoms with Gasteiger partial charge in [-0.25, -0.2) is 4.98 Å². The van der Waals surface area contributed by atoms with Gasteiger partial charge in [-0.3, -0.25) is 4.79 Å². The van der Waals surface area contributed by atoms with Gasteiger partial charge in [-0.2, -0.15) is 0 Å². The molecule has 0 aromatic carbocycles. The molecule has 1 aromatic heterocycles. The van der Waals surface area contributed by atoms with Crippen LogP contribution in [0.5, 0.6) is 0 Å². The van der Waals surface area contributed by atoms with Gasteiger partial charge in [0, 0.05) is 12.6 Å². The van der Waals surface area contributed by atoms with Gasteiger partial charge in [0.2, 0.25) is 0 Å². The first kappa shape index (κ1) is 12.2. The van der Waals surface area contributed by atoms with E-state index >= 15 is 0 Å². The molecule has 1 aromatic rings. The predicted molar refractivity (Wildman–Crippen MR) is 61.9 cm³/mol. The van der Waals surface area contributed by atoms with E-state index < -0.39 is 0 Å². The van der Waals surface area contributed by atoms with E-state index in [0.29, 0.717) is 10.3 Å². The fraction of sp³-hybridized carbons (Fsp3) is 0.556. The predicted octanol–water partition coefficient (Wildman–Crippen LogP) is 0.961. The highest BCUT2D eigenvalue weighted by atomic mass is 79.9. The molecule has 0 aliphatic carbocycles. The maximum Gasteiger partial charge on any atom is 0.267 e. The second kappa shape index (κ2) is 5.27. The summed E-state index contributed by atoms with van der Waals surface area (Å²) in [5.74, 6) is 0.588. The maximum absolute atomic E-state index is 11.2. The van der Waals surface area contributed by atoms with Crippen molar-refractivity contribution in [2.24, 2.45) is 5.92 Å². The molecule has 0 aliphatic rings. The third kappa shape index (κ3) is 3.04. The van der Waals surface area contributed by atoms with Crippen molar-refractivity contribution in [3.05, 3.63) is 21.2 Å². The Balaban J connectivity index is 2.81. The first-order chi connectivity index (χ1) is 7.06. The number of nitrogens with one attached hydrogen (secondary N) is 2. The maximum atomic E-state index is 11.2. The van der Waals surface area contributed by atoms with E-state index in [1.807, 2.05) is 13.8 Å². The number of aliphatic hydroxyl groups excluding tert-OH is 1. The molecule has 0 spiro atoms. The summed E-state index contributed by atoms with van der Waals surface area (Å²) in [5.41, 5.74) is -0.226. The fourth-order valence-corrected chi connectivity index (χ4v) is 1.33. The summed E-state index contributed by atoms with van der Waals surface area (Å²) in [7, 11) is 0. The van der Waals surface area contributed by atoms with Crippen LogP contribution in [0.2, 0.25) is 0 Å². The number of hydrogen-bond acceptors (Lipinski definition) is 4. The van der Waals surface area contributed by atoms with Gasteiger partial charge in [0.05, 0.1) is 6.33 Å². The summed E-state index contributed by atoms with van der Waals surface area (Å²) < 4.78 is 0.377. The normalized spacial score (nSPS) is 14.7. The Hall–Kier alpha value is -0.880. The van der Waals surface area contributed by atoms with Crippen LogP contribution in [0.15, 0.2) is 15.6 Å². The molecule has 0 radical (unpaired) electrons. The van der Waals surface area contributed by atoms with E-state index in [1.54, 1.807) is 0 Å². The lowest BCUT2D eigenvalue weighted by Gasteiger charge is -2.19. The molecule has 0 bridgehead atoms. The zero-order valence-corrected chi connectivity index (χ0v) is 10.2. The third-order valence-electron chi connectivity index (χ3n) is 2.30. The van der Waals surface area contributed by atoms with Crippen molar-refractivity contribution >= 4 is 21.7 Å². The minimum absolute atomic E-state index is 0.0422. The lowest BCUT2D eigenvalue weighted by Crippen LogP contribution is -2.27. The van der Waals surface area contributed by atoms with Gasteiger partial charge in [-0.05, 0) is 28.8 Å². The van der Waals surface area contributed by atoms with Crippen molar-refractivity contribution in [2.45, 2.75) is 19.9 Å². The Morgan fingerprint density at radius 3 is 2.93 bits per heavy atom. The minimum atomic E-state index is -0.226. The average Bonchev–Trinajstić information content (AvgIpc) is 2.23. The zero-order chi connectivity index (χ0) is 11.4. The molecule has 0 saturated carbocycles. The van der Waals surface area contributed by atoms with Gasteiger partial charge in [-0.15, -0.1) is 0 Å². The summed E-state index contributed by atoms with van der Waals surface area (Å²) in [6, 6.07) is 0.0422. The first-order valence-corrected chi connectivity index (χ1v) is 5.46. The van der Waals surface area contributed by atoms with E-state index in [4.69, 9.17) is 5.11 Å². The van der Waals surface area contributed by atoms with Crippen LogP contribution in [-0.4, -0.2) is 27.7 Å². The van der Waals surface area contributed by atoms with Gasteiger partial charge in [0.1, 0.15) is 10.3 Å². The van der Waals surface area contributed by atoms with E-state index in [-0.39, 0.29) is 24.1 Å². The van der Waals surface area contributed by atoms with E-state index in [0.717, 1.165) is 0 Å². The number of hydrogen-bond donors (Lipinski definition) is 3. The van der Waals surface area contributed by atoms with E-state index in [9.17, 15) is 4.79 Å². The number of rotatable bonds is 4. The Bertz CT molecular complexity index is 380. The lowest BCUT2D eigenvalue weighted by molar-refractivity contribution is 0.226. The van der Waals surface area contributed by atoms with Crippen molar-refractivity contribution in [2.75, 3.05) is 11.9 Å². The smallest absolute Gasteiger partial charge is 0.267 e. The Labute approximate surface area is 96.1 Å². The molecule has 0 aliphatic heterocycles. The molecule has 0 amide bonds.